The zero-order valence-corrected chi connectivity index (χ0v) is 18.3. The van der Waals surface area contributed by atoms with Gasteiger partial charge in [-0.25, -0.2) is 9.37 Å². The van der Waals surface area contributed by atoms with Crippen LogP contribution in [-0.2, 0) is 4.79 Å². The number of nitrogens with zero attached hydrogens (tertiary/aromatic N) is 3. The first-order valence-corrected chi connectivity index (χ1v) is 11.3. The maximum Gasteiger partial charge on any atom is 0.257 e. The van der Waals surface area contributed by atoms with Gasteiger partial charge < -0.3 is 15.5 Å². The van der Waals surface area contributed by atoms with Crippen molar-refractivity contribution in [3.05, 3.63) is 71.5 Å². The third-order valence-corrected chi connectivity index (χ3v) is 6.03. The molecule has 2 heterocycles. The third-order valence-electron chi connectivity index (χ3n) is 5.19. The molecule has 2 aromatic carbocycles. The number of carbonyl (C=O) groups is 2. The lowest BCUT2D eigenvalue weighted by molar-refractivity contribution is -0.117. The quantitative estimate of drug-likeness (QED) is 0.595. The molecular formula is C23H24FN5O2S. The third kappa shape index (κ3) is 5.68. The number of thiazole rings is 1. The van der Waals surface area contributed by atoms with Crippen LogP contribution >= 0.6 is 11.3 Å². The number of nitrogens with one attached hydrogen (secondary N) is 2. The van der Waals surface area contributed by atoms with Crippen molar-refractivity contribution in [2.45, 2.75) is 6.42 Å². The summed E-state index contributed by atoms with van der Waals surface area (Å²) in [5.41, 5.74) is 1.26. The summed E-state index contributed by atoms with van der Waals surface area (Å²) in [4.78, 5) is 34.2. The van der Waals surface area contributed by atoms with Crippen LogP contribution in [0.4, 0.5) is 20.9 Å². The van der Waals surface area contributed by atoms with E-state index in [1.165, 1.54) is 24.3 Å². The first-order chi connectivity index (χ1) is 15.6. The van der Waals surface area contributed by atoms with Crippen molar-refractivity contribution in [3.8, 4) is 0 Å². The number of halogens is 1. The number of benzene rings is 2. The molecule has 166 valence electrons. The number of aromatic nitrogens is 1. The molecule has 0 radical (unpaired) electrons. The van der Waals surface area contributed by atoms with Crippen molar-refractivity contribution >= 4 is 39.7 Å². The van der Waals surface area contributed by atoms with Crippen LogP contribution in [-0.4, -0.2) is 54.4 Å². The van der Waals surface area contributed by atoms with E-state index in [4.69, 9.17) is 0 Å². The van der Waals surface area contributed by atoms with Crippen molar-refractivity contribution in [1.82, 2.24) is 9.88 Å². The molecule has 0 saturated carbocycles. The molecule has 1 fully saturated rings. The highest BCUT2D eigenvalue weighted by molar-refractivity contribution is 7.13. The second-order valence-corrected chi connectivity index (χ2v) is 8.36. The average Bonchev–Trinajstić information content (AvgIpc) is 3.23. The monoisotopic (exact) mass is 453 g/mol. The molecule has 4 rings (SSSR count). The predicted molar refractivity (Wildman–Crippen MR) is 125 cm³/mol. The van der Waals surface area contributed by atoms with Gasteiger partial charge in [0.2, 0.25) is 5.91 Å². The first-order valence-electron chi connectivity index (χ1n) is 10.4. The molecule has 9 heteroatoms. The largest absolute Gasteiger partial charge is 0.347 e. The molecule has 0 spiro atoms. The number of hydrogen-bond donors (Lipinski definition) is 2. The predicted octanol–water partition coefficient (Wildman–Crippen LogP) is 3.69. The van der Waals surface area contributed by atoms with Crippen molar-refractivity contribution < 1.29 is 14.0 Å². The molecule has 1 aromatic heterocycles. The highest BCUT2D eigenvalue weighted by atomic mass is 32.1. The van der Waals surface area contributed by atoms with Gasteiger partial charge in [-0.3, -0.25) is 14.5 Å². The summed E-state index contributed by atoms with van der Waals surface area (Å²) in [6.07, 6.45) is 2.75. The van der Waals surface area contributed by atoms with E-state index in [2.05, 4.69) is 25.4 Å². The number of carbonyl (C=O) groups excluding carboxylic acids is 2. The molecule has 2 amide bonds. The Morgan fingerprint density at radius 3 is 2.59 bits per heavy atom. The number of para-hydroxylation sites is 1. The fraction of sp³-hybridized carbons (Fsp3) is 0.261. The Hall–Kier alpha value is -3.30. The van der Waals surface area contributed by atoms with Gasteiger partial charge >= 0.3 is 0 Å². The van der Waals surface area contributed by atoms with Gasteiger partial charge in [0.05, 0.1) is 17.8 Å². The van der Waals surface area contributed by atoms with Gasteiger partial charge in [0.1, 0.15) is 5.82 Å². The van der Waals surface area contributed by atoms with Crippen LogP contribution < -0.4 is 15.5 Å². The number of rotatable bonds is 6. The summed E-state index contributed by atoms with van der Waals surface area (Å²) in [6.45, 7) is 3.57. The molecule has 32 heavy (non-hydrogen) atoms. The lowest BCUT2D eigenvalue weighted by Crippen LogP contribution is -2.36. The Morgan fingerprint density at radius 2 is 1.81 bits per heavy atom. The van der Waals surface area contributed by atoms with Crippen LogP contribution in [0.3, 0.4) is 0 Å². The van der Waals surface area contributed by atoms with E-state index in [1.807, 2.05) is 5.38 Å². The summed E-state index contributed by atoms with van der Waals surface area (Å²) >= 11 is 1.62. The Kier molecular flexibility index (Phi) is 7.08. The van der Waals surface area contributed by atoms with Crippen molar-refractivity contribution in [3.63, 3.8) is 0 Å². The van der Waals surface area contributed by atoms with E-state index in [-0.39, 0.29) is 24.2 Å². The molecule has 7 nitrogen and oxygen atoms in total. The summed E-state index contributed by atoms with van der Waals surface area (Å²) in [7, 11) is 0. The van der Waals surface area contributed by atoms with Crippen LogP contribution in [0.1, 0.15) is 16.8 Å². The van der Waals surface area contributed by atoms with Crippen LogP contribution in [0.25, 0.3) is 0 Å². The topological polar surface area (TPSA) is 77.6 Å². The summed E-state index contributed by atoms with van der Waals surface area (Å²) in [5.74, 6) is -0.921. The Balaban J connectivity index is 1.35. The van der Waals surface area contributed by atoms with E-state index in [1.54, 1.807) is 41.8 Å². The molecule has 0 bridgehead atoms. The van der Waals surface area contributed by atoms with Gasteiger partial charge in [-0.15, -0.1) is 11.3 Å². The fourth-order valence-electron chi connectivity index (χ4n) is 3.61. The molecule has 1 aliphatic heterocycles. The van der Waals surface area contributed by atoms with Gasteiger partial charge in [-0.1, -0.05) is 12.1 Å². The molecular weight excluding hydrogens is 429 g/mol. The van der Waals surface area contributed by atoms with E-state index < -0.39 is 0 Å². The van der Waals surface area contributed by atoms with E-state index in [0.29, 0.717) is 16.9 Å². The SMILES string of the molecule is O=C(CN1CCCN(c2nccs2)CC1)Nc1ccccc1C(=O)Nc1ccc(F)cc1. The standard InChI is InChI=1S/C23H24FN5O2S/c24-17-6-8-18(9-7-17)26-22(31)19-4-1-2-5-20(19)27-21(30)16-28-11-3-12-29(14-13-28)23-25-10-15-32-23/h1-2,4-10,15H,3,11-14,16H2,(H,26,31)(H,27,30). The van der Waals surface area contributed by atoms with E-state index in [0.717, 1.165) is 37.7 Å². The Bertz CT molecular complexity index is 1060. The lowest BCUT2D eigenvalue weighted by Gasteiger charge is -2.21. The number of anilines is 3. The van der Waals surface area contributed by atoms with Crippen LogP contribution in [0.5, 0.6) is 0 Å². The van der Waals surface area contributed by atoms with E-state index >= 15 is 0 Å². The first kappa shape index (κ1) is 21.9. The molecule has 2 N–H and O–H groups in total. The van der Waals surface area contributed by atoms with Crippen LogP contribution in [0.2, 0.25) is 0 Å². The van der Waals surface area contributed by atoms with Gasteiger partial charge in [0, 0.05) is 43.4 Å². The molecule has 1 aliphatic rings. The summed E-state index contributed by atoms with van der Waals surface area (Å²) < 4.78 is 13.1. The normalized spacial score (nSPS) is 14.6. The summed E-state index contributed by atoms with van der Waals surface area (Å²) in [5, 5.41) is 8.58. The van der Waals surface area contributed by atoms with Gasteiger partial charge in [-0.2, -0.15) is 0 Å². The zero-order chi connectivity index (χ0) is 22.3. The van der Waals surface area contributed by atoms with Gasteiger partial charge in [-0.05, 0) is 42.8 Å². The zero-order valence-electron chi connectivity index (χ0n) is 17.5. The Labute approximate surface area is 189 Å². The summed E-state index contributed by atoms with van der Waals surface area (Å²) in [6, 6.07) is 12.4. The average molecular weight is 454 g/mol. The minimum atomic E-state index is -0.376. The smallest absolute Gasteiger partial charge is 0.257 e. The molecule has 1 saturated heterocycles. The van der Waals surface area contributed by atoms with Gasteiger partial charge in [0.25, 0.3) is 5.91 Å². The fourth-order valence-corrected chi connectivity index (χ4v) is 4.30. The molecule has 0 atom stereocenters. The minimum Gasteiger partial charge on any atom is -0.347 e. The van der Waals surface area contributed by atoms with Crippen molar-refractivity contribution in [1.29, 1.82) is 0 Å². The van der Waals surface area contributed by atoms with E-state index in [9.17, 15) is 14.0 Å². The Morgan fingerprint density at radius 1 is 1.00 bits per heavy atom. The van der Waals surface area contributed by atoms with Gasteiger partial charge in [0.15, 0.2) is 5.13 Å². The maximum atomic E-state index is 13.1. The van der Waals surface area contributed by atoms with Crippen molar-refractivity contribution in [2.24, 2.45) is 0 Å². The maximum absolute atomic E-state index is 13.1. The minimum absolute atomic E-state index is 0.172. The second-order valence-electron chi connectivity index (χ2n) is 7.49. The second kappa shape index (κ2) is 10.3. The number of amides is 2. The highest BCUT2D eigenvalue weighted by Gasteiger charge is 2.20. The highest BCUT2D eigenvalue weighted by Crippen LogP contribution is 2.20. The van der Waals surface area contributed by atoms with Crippen LogP contribution in [0, 0.1) is 5.82 Å². The number of hydrogen-bond acceptors (Lipinski definition) is 6. The molecule has 3 aromatic rings. The van der Waals surface area contributed by atoms with Crippen LogP contribution in [0.15, 0.2) is 60.1 Å². The molecule has 0 unspecified atom stereocenters. The lowest BCUT2D eigenvalue weighted by atomic mass is 10.1. The molecule has 0 aliphatic carbocycles. The van der Waals surface area contributed by atoms with Crippen molar-refractivity contribution in [2.75, 3.05) is 48.3 Å².